The van der Waals surface area contributed by atoms with Gasteiger partial charge in [0.05, 0.1) is 11.4 Å². The molecular weight excluding hydrogens is 338 g/mol. The Morgan fingerprint density at radius 2 is 1.72 bits per heavy atom. The Kier molecular flexibility index (Phi) is 8.05. The summed E-state index contributed by atoms with van der Waals surface area (Å²) in [5.41, 5.74) is 0.586. The fourth-order valence-corrected chi connectivity index (χ4v) is 3.71. The van der Waals surface area contributed by atoms with Gasteiger partial charge >= 0.3 is 0 Å². The summed E-state index contributed by atoms with van der Waals surface area (Å²) < 4.78 is 25.9. The Morgan fingerprint density at radius 3 is 2.28 bits per heavy atom. The van der Waals surface area contributed by atoms with Crippen LogP contribution in [-0.4, -0.2) is 57.3 Å². The van der Waals surface area contributed by atoms with Crippen LogP contribution in [0.5, 0.6) is 0 Å². The molecule has 1 amide bonds. The van der Waals surface area contributed by atoms with Crippen molar-refractivity contribution in [2.45, 2.75) is 44.7 Å². The standard InChI is InChI=1S/C18H31N3O3S/c1-14(2)11-15(3)21(6)13-18(22)19-12-16-9-7-8-10-17(16)25(23,24)20(4)5/h7-10,14-15H,11-13H2,1-6H3,(H,19,22). The number of carbonyl (C=O) groups excluding carboxylic acids is 1. The van der Waals surface area contributed by atoms with Crippen LogP contribution in [-0.2, 0) is 21.4 Å². The van der Waals surface area contributed by atoms with Gasteiger partial charge in [-0.25, -0.2) is 12.7 Å². The lowest BCUT2D eigenvalue weighted by atomic mass is 10.0. The number of carbonyl (C=O) groups is 1. The van der Waals surface area contributed by atoms with Crippen molar-refractivity contribution in [2.24, 2.45) is 5.92 Å². The zero-order valence-corrected chi connectivity index (χ0v) is 16.9. The number of hydrogen-bond acceptors (Lipinski definition) is 4. The summed E-state index contributed by atoms with van der Waals surface area (Å²) in [4.78, 5) is 14.4. The van der Waals surface area contributed by atoms with Crippen LogP contribution in [0.15, 0.2) is 29.2 Å². The van der Waals surface area contributed by atoms with Gasteiger partial charge in [0.2, 0.25) is 15.9 Å². The van der Waals surface area contributed by atoms with Gasteiger partial charge in [-0.3, -0.25) is 9.69 Å². The molecule has 1 rings (SSSR count). The molecule has 142 valence electrons. The van der Waals surface area contributed by atoms with Crippen molar-refractivity contribution in [1.29, 1.82) is 0 Å². The fraction of sp³-hybridized carbons (Fsp3) is 0.611. The first-order valence-electron chi connectivity index (χ1n) is 8.53. The van der Waals surface area contributed by atoms with Gasteiger partial charge in [-0.15, -0.1) is 0 Å². The second-order valence-electron chi connectivity index (χ2n) is 7.07. The van der Waals surface area contributed by atoms with Crippen molar-refractivity contribution >= 4 is 15.9 Å². The first-order chi connectivity index (χ1) is 11.6. The number of likely N-dealkylation sites (N-methyl/N-ethyl adjacent to an activating group) is 1. The van der Waals surface area contributed by atoms with Crippen molar-refractivity contribution in [3.63, 3.8) is 0 Å². The Hall–Kier alpha value is -1.44. The number of amides is 1. The van der Waals surface area contributed by atoms with Gasteiger partial charge in [0, 0.05) is 26.7 Å². The minimum absolute atomic E-state index is 0.116. The molecule has 0 bridgehead atoms. The van der Waals surface area contributed by atoms with Gasteiger partial charge in [-0.1, -0.05) is 32.0 Å². The van der Waals surface area contributed by atoms with E-state index < -0.39 is 10.0 Å². The first-order valence-corrected chi connectivity index (χ1v) is 9.97. The second kappa shape index (κ2) is 9.31. The molecule has 1 aromatic rings. The van der Waals surface area contributed by atoms with Crippen LogP contribution >= 0.6 is 0 Å². The molecule has 1 unspecified atom stereocenters. The van der Waals surface area contributed by atoms with Gasteiger partial charge < -0.3 is 5.32 Å². The minimum atomic E-state index is -3.53. The summed E-state index contributed by atoms with van der Waals surface area (Å²) in [6.45, 7) is 6.90. The van der Waals surface area contributed by atoms with E-state index in [4.69, 9.17) is 0 Å². The van der Waals surface area contributed by atoms with Crippen LogP contribution in [0.2, 0.25) is 0 Å². The average molecular weight is 370 g/mol. The van der Waals surface area contributed by atoms with Gasteiger partial charge in [0.1, 0.15) is 0 Å². The molecule has 0 saturated heterocycles. The molecule has 0 spiro atoms. The van der Waals surface area contributed by atoms with Gasteiger partial charge in [0.15, 0.2) is 0 Å². The van der Waals surface area contributed by atoms with E-state index in [0.717, 1.165) is 6.42 Å². The van der Waals surface area contributed by atoms with Crippen molar-refractivity contribution in [3.05, 3.63) is 29.8 Å². The molecule has 1 aromatic carbocycles. The predicted molar refractivity (Wildman–Crippen MR) is 101 cm³/mol. The molecule has 0 aliphatic carbocycles. The summed E-state index contributed by atoms with van der Waals surface area (Å²) in [7, 11) is 1.39. The van der Waals surface area contributed by atoms with Crippen LogP contribution in [0.25, 0.3) is 0 Å². The molecule has 1 N–H and O–H groups in total. The third-order valence-electron chi connectivity index (χ3n) is 4.17. The molecular formula is C18H31N3O3S. The third kappa shape index (κ3) is 6.41. The highest BCUT2D eigenvalue weighted by atomic mass is 32.2. The zero-order valence-electron chi connectivity index (χ0n) is 16.1. The van der Waals surface area contributed by atoms with Gasteiger partial charge in [-0.05, 0) is 37.9 Å². The highest BCUT2D eigenvalue weighted by molar-refractivity contribution is 7.89. The van der Waals surface area contributed by atoms with Gasteiger partial charge in [-0.2, -0.15) is 0 Å². The lowest BCUT2D eigenvalue weighted by molar-refractivity contribution is -0.122. The molecule has 25 heavy (non-hydrogen) atoms. The van der Waals surface area contributed by atoms with E-state index in [-0.39, 0.29) is 23.9 Å². The summed E-state index contributed by atoms with van der Waals surface area (Å²) in [5, 5.41) is 2.83. The van der Waals surface area contributed by atoms with E-state index in [9.17, 15) is 13.2 Å². The third-order valence-corrected chi connectivity index (χ3v) is 6.08. The van der Waals surface area contributed by atoms with Crippen LogP contribution in [0, 0.1) is 5.92 Å². The number of hydrogen-bond donors (Lipinski definition) is 1. The highest BCUT2D eigenvalue weighted by Gasteiger charge is 2.21. The Labute approximate surface area is 152 Å². The largest absolute Gasteiger partial charge is 0.351 e. The van der Waals surface area contributed by atoms with Crippen molar-refractivity contribution < 1.29 is 13.2 Å². The smallest absolute Gasteiger partial charge is 0.242 e. The van der Waals surface area contributed by atoms with Crippen molar-refractivity contribution in [2.75, 3.05) is 27.7 Å². The molecule has 0 heterocycles. The second-order valence-corrected chi connectivity index (χ2v) is 9.19. The van der Waals surface area contributed by atoms with E-state index in [1.165, 1.54) is 18.4 Å². The summed E-state index contributed by atoms with van der Waals surface area (Å²) in [6.07, 6.45) is 1.02. The summed E-state index contributed by atoms with van der Waals surface area (Å²) in [6, 6.07) is 7.05. The molecule has 0 saturated carbocycles. The topological polar surface area (TPSA) is 69.7 Å². The monoisotopic (exact) mass is 369 g/mol. The summed E-state index contributed by atoms with van der Waals surface area (Å²) >= 11 is 0. The number of sulfonamides is 1. The SMILES string of the molecule is CC(C)CC(C)N(C)CC(=O)NCc1ccccc1S(=O)(=O)N(C)C. The number of nitrogens with one attached hydrogen (secondary N) is 1. The lowest BCUT2D eigenvalue weighted by Crippen LogP contribution is -2.39. The van der Waals surface area contributed by atoms with Crippen LogP contribution in [0.1, 0.15) is 32.8 Å². The Bertz CT molecular complexity index is 672. The Morgan fingerprint density at radius 1 is 1.12 bits per heavy atom. The molecule has 0 aromatic heterocycles. The maximum atomic E-state index is 12.4. The lowest BCUT2D eigenvalue weighted by Gasteiger charge is -2.25. The van der Waals surface area contributed by atoms with Gasteiger partial charge in [0.25, 0.3) is 0 Å². The van der Waals surface area contributed by atoms with E-state index in [1.54, 1.807) is 24.3 Å². The van der Waals surface area contributed by atoms with Crippen molar-refractivity contribution in [3.8, 4) is 0 Å². The number of rotatable bonds is 9. The van der Waals surface area contributed by atoms with E-state index in [1.807, 2.05) is 11.9 Å². The normalized spacial score (nSPS) is 13.5. The molecule has 1 atom stereocenters. The van der Waals surface area contributed by atoms with E-state index in [2.05, 4.69) is 26.1 Å². The zero-order chi connectivity index (χ0) is 19.2. The van der Waals surface area contributed by atoms with Crippen LogP contribution in [0.3, 0.4) is 0 Å². The molecule has 7 heteroatoms. The van der Waals surface area contributed by atoms with Crippen molar-refractivity contribution in [1.82, 2.24) is 14.5 Å². The molecule has 0 aliphatic heterocycles. The fourth-order valence-electron chi connectivity index (χ4n) is 2.59. The number of benzene rings is 1. The molecule has 0 aliphatic rings. The predicted octanol–water partition coefficient (Wildman–Crippen LogP) is 1.92. The quantitative estimate of drug-likeness (QED) is 0.722. The molecule has 6 nitrogen and oxygen atoms in total. The van der Waals surface area contributed by atoms with E-state index in [0.29, 0.717) is 17.5 Å². The van der Waals surface area contributed by atoms with Crippen LogP contribution < -0.4 is 5.32 Å². The molecule has 0 radical (unpaired) electrons. The van der Waals surface area contributed by atoms with E-state index >= 15 is 0 Å². The Balaban J connectivity index is 2.72. The minimum Gasteiger partial charge on any atom is -0.351 e. The average Bonchev–Trinajstić information content (AvgIpc) is 2.52. The maximum absolute atomic E-state index is 12.4. The van der Waals surface area contributed by atoms with Crippen LogP contribution in [0.4, 0.5) is 0 Å². The molecule has 0 fully saturated rings. The highest BCUT2D eigenvalue weighted by Crippen LogP contribution is 2.18. The summed E-state index contributed by atoms with van der Waals surface area (Å²) in [5.74, 6) is 0.457. The number of nitrogens with zero attached hydrogens (tertiary/aromatic N) is 2. The maximum Gasteiger partial charge on any atom is 0.242 e. The first kappa shape index (κ1) is 21.6.